The van der Waals surface area contributed by atoms with E-state index in [0.717, 1.165) is 28.6 Å². The summed E-state index contributed by atoms with van der Waals surface area (Å²) in [5, 5.41) is 17.6. The lowest BCUT2D eigenvalue weighted by molar-refractivity contribution is -0.140. The molecule has 0 amide bonds. The first kappa shape index (κ1) is 21.1. The Hall–Kier alpha value is -4.46. The molecular weight excluding hydrogens is 440 g/mol. The number of allylic oxidation sites excluding steroid dienone is 1. The third kappa shape index (κ3) is 3.45. The number of aryl methyl sites for hydroxylation is 1. The molecule has 0 fully saturated rings. The highest BCUT2D eigenvalue weighted by molar-refractivity contribution is 6.08. The summed E-state index contributed by atoms with van der Waals surface area (Å²) in [7, 11) is 0. The molecular formula is C27H24N6O2. The van der Waals surface area contributed by atoms with Gasteiger partial charge in [-0.15, -0.1) is 0 Å². The monoisotopic (exact) mass is 464 g/mol. The quantitative estimate of drug-likeness (QED) is 0.375. The fourth-order valence-electron chi connectivity index (χ4n) is 4.97. The standard InChI is InChI=1S/C27H24N6O2/c1-3-32-22-12-8-7-11-20(22)21-15-19(13-14-23(21)32)25-24(17(2)28-27-29-30-31-33(25)27)26(34)35-16-18-9-5-4-6-10-18/h4-15,25H,3,16H2,1-2H3,(H,28,29,31). The molecule has 0 radical (unpaired) electrons. The number of aromatic nitrogens is 5. The number of esters is 1. The van der Waals surface area contributed by atoms with Crippen molar-refractivity contribution < 1.29 is 9.53 Å². The third-order valence-corrected chi connectivity index (χ3v) is 6.58. The van der Waals surface area contributed by atoms with Gasteiger partial charge in [0.1, 0.15) is 12.6 Å². The van der Waals surface area contributed by atoms with Crippen LogP contribution in [0.3, 0.4) is 0 Å². The molecule has 1 aliphatic rings. The highest BCUT2D eigenvalue weighted by Gasteiger charge is 2.35. The van der Waals surface area contributed by atoms with Crippen LogP contribution in [0.15, 0.2) is 84.1 Å². The maximum atomic E-state index is 13.4. The van der Waals surface area contributed by atoms with E-state index in [2.05, 4.69) is 68.7 Å². The van der Waals surface area contributed by atoms with Crippen molar-refractivity contribution in [1.29, 1.82) is 0 Å². The number of fused-ring (bicyclic) bond motifs is 4. The molecule has 1 aliphatic heterocycles. The lowest BCUT2D eigenvalue weighted by Crippen LogP contribution is -2.29. The van der Waals surface area contributed by atoms with Gasteiger partial charge in [0.2, 0.25) is 5.95 Å². The van der Waals surface area contributed by atoms with E-state index in [1.807, 2.05) is 43.3 Å². The van der Waals surface area contributed by atoms with Crippen molar-refractivity contribution in [2.24, 2.45) is 0 Å². The maximum Gasteiger partial charge on any atom is 0.338 e. The molecule has 1 atom stereocenters. The Morgan fingerprint density at radius 3 is 2.60 bits per heavy atom. The first-order chi connectivity index (χ1) is 17.2. The maximum absolute atomic E-state index is 13.4. The normalized spacial score (nSPS) is 15.3. The van der Waals surface area contributed by atoms with Crippen LogP contribution in [0.2, 0.25) is 0 Å². The molecule has 0 aliphatic carbocycles. The Bertz CT molecular complexity index is 1600. The van der Waals surface area contributed by atoms with Gasteiger partial charge >= 0.3 is 5.97 Å². The van der Waals surface area contributed by atoms with Crippen molar-refractivity contribution >= 4 is 33.7 Å². The third-order valence-electron chi connectivity index (χ3n) is 6.58. The minimum absolute atomic E-state index is 0.189. The number of hydrogen-bond donors (Lipinski definition) is 1. The SMILES string of the molecule is CCn1c2ccccc2c2cc(C3C(C(=O)OCc4ccccc4)=C(C)Nc4nnnn43)ccc21. The van der Waals surface area contributed by atoms with Crippen LogP contribution in [-0.4, -0.2) is 30.7 Å². The van der Waals surface area contributed by atoms with E-state index in [0.29, 0.717) is 17.2 Å². The molecule has 3 heterocycles. The predicted molar refractivity (Wildman–Crippen MR) is 134 cm³/mol. The smallest absolute Gasteiger partial charge is 0.338 e. The van der Waals surface area contributed by atoms with E-state index in [-0.39, 0.29) is 6.61 Å². The van der Waals surface area contributed by atoms with E-state index >= 15 is 0 Å². The molecule has 0 bridgehead atoms. The number of nitrogens with zero attached hydrogens (tertiary/aromatic N) is 5. The van der Waals surface area contributed by atoms with Gasteiger partial charge in [0.15, 0.2) is 0 Å². The van der Waals surface area contributed by atoms with Crippen LogP contribution in [0.5, 0.6) is 0 Å². The largest absolute Gasteiger partial charge is 0.457 e. The van der Waals surface area contributed by atoms with Crippen molar-refractivity contribution in [3.8, 4) is 0 Å². The Morgan fingerprint density at radius 1 is 1.00 bits per heavy atom. The topological polar surface area (TPSA) is 86.9 Å². The van der Waals surface area contributed by atoms with E-state index in [4.69, 9.17) is 4.74 Å². The number of rotatable bonds is 5. The number of para-hydroxylation sites is 1. The minimum Gasteiger partial charge on any atom is -0.457 e. The van der Waals surface area contributed by atoms with Gasteiger partial charge in [0.05, 0.1) is 5.57 Å². The second kappa shape index (κ2) is 8.39. The molecule has 8 nitrogen and oxygen atoms in total. The molecule has 6 rings (SSSR count). The second-order valence-electron chi connectivity index (χ2n) is 8.61. The first-order valence-electron chi connectivity index (χ1n) is 11.6. The molecule has 3 aromatic carbocycles. The molecule has 0 spiro atoms. The summed E-state index contributed by atoms with van der Waals surface area (Å²) >= 11 is 0. The van der Waals surface area contributed by atoms with Crippen LogP contribution in [0.25, 0.3) is 21.8 Å². The van der Waals surface area contributed by atoms with Gasteiger partial charge in [-0.25, -0.2) is 4.79 Å². The van der Waals surface area contributed by atoms with Crippen LogP contribution in [0.4, 0.5) is 5.95 Å². The number of nitrogens with one attached hydrogen (secondary N) is 1. The van der Waals surface area contributed by atoms with Gasteiger partial charge < -0.3 is 14.6 Å². The van der Waals surface area contributed by atoms with Gasteiger partial charge in [-0.3, -0.25) is 0 Å². The fraction of sp³-hybridized carbons (Fsp3) is 0.185. The molecule has 2 aromatic heterocycles. The molecule has 5 aromatic rings. The number of benzene rings is 3. The van der Waals surface area contributed by atoms with E-state index < -0.39 is 12.0 Å². The average molecular weight is 465 g/mol. The van der Waals surface area contributed by atoms with E-state index in [1.54, 1.807) is 4.68 Å². The fourth-order valence-corrected chi connectivity index (χ4v) is 4.97. The van der Waals surface area contributed by atoms with Gasteiger partial charge in [0.25, 0.3) is 0 Å². The zero-order chi connectivity index (χ0) is 23.9. The van der Waals surface area contributed by atoms with Crippen molar-refractivity contribution in [2.45, 2.75) is 33.0 Å². The van der Waals surface area contributed by atoms with Crippen molar-refractivity contribution in [3.05, 3.63) is 95.2 Å². The number of tetrazole rings is 1. The molecule has 35 heavy (non-hydrogen) atoms. The van der Waals surface area contributed by atoms with Crippen LogP contribution < -0.4 is 5.32 Å². The number of anilines is 1. The van der Waals surface area contributed by atoms with E-state index in [9.17, 15) is 4.79 Å². The summed E-state index contributed by atoms with van der Waals surface area (Å²) in [6, 6.07) is 23.8. The summed E-state index contributed by atoms with van der Waals surface area (Å²) in [4.78, 5) is 13.4. The number of hydrogen-bond acceptors (Lipinski definition) is 6. The summed E-state index contributed by atoms with van der Waals surface area (Å²) in [5.41, 5.74) is 5.33. The van der Waals surface area contributed by atoms with Gasteiger partial charge in [-0.2, -0.15) is 4.68 Å². The molecule has 174 valence electrons. The highest BCUT2D eigenvalue weighted by atomic mass is 16.5. The summed E-state index contributed by atoms with van der Waals surface area (Å²) in [5.74, 6) is 0.0873. The summed E-state index contributed by atoms with van der Waals surface area (Å²) < 4.78 is 9.68. The van der Waals surface area contributed by atoms with Crippen LogP contribution in [0.1, 0.15) is 31.0 Å². The van der Waals surface area contributed by atoms with Crippen molar-refractivity contribution in [1.82, 2.24) is 24.8 Å². The minimum atomic E-state index is -0.516. The zero-order valence-corrected chi connectivity index (χ0v) is 19.5. The first-order valence-corrected chi connectivity index (χ1v) is 11.6. The van der Waals surface area contributed by atoms with Crippen LogP contribution in [0, 0.1) is 0 Å². The Kier molecular flexibility index (Phi) is 5.06. The Labute approximate surface area is 201 Å². The summed E-state index contributed by atoms with van der Waals surface area (Å²) in [6.07, 6.45) is 0. The lowest BCUT2D eigenvalue weighted by atomic mass is 9.94. The molecule has 8 heteroatoms. The van der Waals surface area contributed by atoms with Crippen molar-refractivity contribution in [2.75, 3.05) is 5.32 Å². The van der Waals surface area contributed by atoms with E-state index in [1.165, 1.54) is 10.9 Å². The highest BCUT2D eigenvalue weighted by Crippen LogP contribution is 2.38. The molecule has 1 N–H and O–H groups in total. The zero-order valence-electron chi connectivity index (χ0n) is 19.5. The predicted octanol–water partition coefficient (Wildman–Crippen LogP) is 4.83. The number of ether oxygens (including phenoxy) is 1. The van der Waals surface area contributed by atoms with Gasteiger partial charge in [-0.05, 0) is 53.6 Å². The number of carbonyl (C=O) groups excluding carboxylic acids is 1. The van der Waals surface area contributed by atoms with Crippen LogP contribution in [-0.2, 0) is 22.7 Å². The second-order valence-corrected chi connectivity index (χ2v) is 8.61. The average Bonchev–Trinajstić information content (AvgIpc) is 3.48. The number of carbonyl (C=O) groups is 1. The van der Waals surface area contributed by atoms with Gasteiger partial charge in [0, 0.05) is 34.0 Å². The van der Waals surface area contributed by atoms with Gasteiger partial charge in [-0.1, -0.05) is 59.7 Å². The molecule has 0 saturated heterocycles. The molecule has 0 saturated carbocycles. The Balaban J connectivity index is 1.46. The van der Waals surface area contributed by atoms with Crippen LogP contribution >= 0.6 is 0 Å². The summed E-state index contributed by atoms with van der Waals surface area (Å²) in [6.45, 7) is 5.05. The lowest BCUT2D eigenvalue weighted by Gasteiger charge is -2.27. The molecule has 1 unspecified atom stereocenters. The Morgan fingerprint density at radius 2 is 1.77 bits per heavy atom. The van der Waals surface area contributed by atoms with Crippen molar-refractivity contribution in [3.63, 3.8) is 0 Å².